The van der Waals surface area contributed by atoms with Gasteiger partial charge in [-0.1, -0.05) is 43.7 Å². The number of thioether (sulfide) groups is 1. The van der Waals surface area contributed by atoms with E-state index in [1.807, 2.05) is 6.92 Å². The average molecular weight is 394 g/mol. The fraction of sp³-hybridized carbons (Fsp3) is 0.353. The number of hydrogen-bond donors (Lipinski definition) is 1. The average Bonchev–Trinajstić information content (AvgIpc) is 2.89. The lowest BCUT2D eigenvalue weighted by atomic mass is 10.1. The number of aliphatic carboxylic acids is 1. The Balaban J connectivity index is 2.34. The number of nitro benzene ring substituents is 1. The number of nitrogens with zero attached hydrogens (tertiary/aromatic N) is 2. The van der Waals surface area contributed by atoms with Gasteiger partial charge in [0.05, 0.1) is 9.83 Å². The van der Waals surface area contributed by atoms with Crippen LogP contribution in [0.3, 0.4) is 0 Å². The molecule has 2 rings (SSSR count). The van der Waals surface area contributed by atoms with Crippen LogP contribution in [0.4, 0.5) is 5.69 Å². The van der Waals surface area contributed by atoms with E-state index in [9.17, 15) is 24.8 Å². The summed E-state index contributed by atoms with van der Waals surface area (Å²) < 4.78 is 0.217. The summed E-state index contributed by atoms with van der Waals surface area (Å²) in [6, 6.07) is 4.86. The van der Waals surface area contributed by atoms with Crippen molar-refractivity contribution in [1.82, 2.24) is 4.90 Å². The minimum Gasteiger partial charge on any atom is -0.480 e. The molecule has 1 heterocycles. The number of thiocarbonyl (C=S) groups is 1. The van der Waals surface area contributed by atoms with Crippen molar-refractivity contribution in [2.75, 3.05) is 0 Å². The number of non-ortho nitro benzene ring substituents is 1. The second-order valence-electron chi connectivity index (χ2n) is 5.80. The largest absolute Gasteiger partial charge is 0.480 e. The summed E-state index contributed by atoms with van der Waals surface area (Å²) in [5.41, 5.74) is 1.22. The van der Waals surface area contributed by atoms with Gasteiger partial charge in [-0.3, -0.25) is 19.8 Å². The number of nitro groups is 1. The number of benzene rings is 1. The first-order chi connectivity index (χ1) is 12.3. The van der Waals surface area contributed by atoms with Crippen LogP contribution in [0.5, 0.6) is 0 Å². The highest BCUT2D eigenvalue weighted by Gasteiger charge is 2.41. The molecule has 1 unspecified atom stereocenters. The summed E-state index contributed by atoms with van der Waals surface area (Å²) in [4.78, 5) is 36.2. The normalized spacial score (nSPS) is 17.4. The number of carboxylic acids is 1. The van der Waals surface area contributed by atoms with Crippen LogP contribution >= 0.6 is 24.0 Å². The molecule has 1 N–H and O–H groups in total. The Bertz CT molecular complexity index is 789. The molecular weight excluding hydrogens is 376 g/mol. The van der Waals surface area contributed by atoms with Crippen molar-refractivity contribution in [3.63, 3.8) is 0 Å². The third-order valence-electron chi connectivity index (χ3n) is 4.08. The molecule has 1 amide bonds. The lowest BCUT2D eigenvalue weighted by molar-refractivity contribution is -0.384. The molecule has 0 saturated carbocycles. The van der Waals surface area contributed by atoms with Crippen molar-refractivity contribution in [2.45, 2.75) is 39.2 Å². The maximum Gasteiger partial charge on any atom is 0.326 e. The first kappa shape index (κ1) is 20.1. The smallest absolute Gasteiger partial charge is 0.326 e. The molecule has 138 valence electrons. The highest BCUT2D eigenvalue weighted by Crippen LogP contribution is 2.38. The van der Waals surface area contributed by atoms with Crippen LogP contribution in [0, 0.1) is 10.1 Å². The number of allylic oxidation sites excluding steroid dienone is 1. The lowest BCUT2D eigenvalue weighted by Gasteiger charge is -2.23. The van der Waals surface area contributed by atoms with Crippen LogP contribution in [-0.4, -0.2) is 37.2 Å². The van der Waals surface area contributed by atoms with E-state index in [-0.39, 0.29) is 10.0 Å². The lowest BCUT2D eigenvalue weighted by Crippen LogP contribution is -2.43. The highest BCUT2D eigenvalue weighted by atomic mass is 32.2. The molecule has 0 bridgehead atoms. The molecule has 1 aliphatic rings. The summed E-state index contributed by atoms with van der Waals surface area (Å²) in [5, 5.41) is 20.2. The van der Waals surface area contributed by atoms with Crippen LogP contribution in [0.2, 0.25) is 0 Å². The molecule has 9 heteroatoms. The second kappa shape index (κ2) is 8.41. The molecular formula is C17H18N2O5S2. The number of carbonyl (C=O) groups excluding carboxylic acids is 1. The van der Waals surface area contributed by atoms with Gasteiger partial charge in [0, 0.05) is 12.1 Å². The highest BCUT2D eigenvalue weighted by molar-refractivity contribution is 8.26. The summed E-state index contributed by atoms with van der Waals surface area (Å²) in [7, 11) is 0. The maximum atomic E-state index is 12.8. The van der Waals surface area contributed by atoms with E-state index < -0.39 is 22.8 Å². The fourth-order valence-corrected chi connectivity index (χ4v) is 4.00. The number of rotatable bonds is 7. The zero-order valence-electron chi connectivity index (χ0n) is 14.3. The summed E-state index contributed by atoms with van der Waals surface area (Å²) in [6.45, 7) is 3.66. The van der Waals surface area contributed by atoms with Gasteiger partial charge < -0.3 is 5.11 Å². The van der Waals surface area contributed by atoms with Gasteiger partial charge in [-0.15, -0.1) is 0 Å². The minimum absolute atomic E-state index is 0.0420. The summed E-state index contributed by atoms with van der Waals surface area (Å²) >= 11 is 6.31. The van der Waals surface area contributed by atoms with Crippen LogP contribution in [0.25, 0.3) is 5.57 Å². The second-order valence-corrected chi connectivity index (χ2v) is 7.44. The topological polar surface area (TPSA) is 101 Å². The SMILES string of the molecule is CCCCC(C(=O)O)N1C(=O)/C(=C(\C)c2ccc([N+](=O)[O-])cc2)SC1=S. The Labute approximate surface area is 160 Å². The Morgan fingerprint density at radius 2 is 2.00 bits per heavy atom. The van der Waals surface area contributed by atoms with E-state index in [0.29, 0.717) is 28.9 Å². The number of hydrogen-bond acceptors (Lipinski definition) is 6. The standard InChI is InChI=1S/C17H18N2O5S2/c1-3-4-5-13(16(21)22)18-15(20)14(26-17(18)25)10(2)11-6-8-12(9-7-11)19(23)24/h6-9,13H,3-5H2,1-2H3,(H,21,22)/b14-10-. The predicted octanol–water partition coefficient (Wildman–Crippen LogP) is 3.83. The molecule has 0 spiro atoms. The van der Waals surface area contributed by atoms with Crippen molar-refractivity contribution in [3.8, 4) is 0 Å². The van der Waals surface area contributed by atoms with Gasteiger partial charge in [-0.2, -0.15) is 0 Å². The van der Waals surface area contributed by atoms with E-state index in [4.69, 9.17) is 12.2 Å². The third kappa shape index (κ3) is 4.10. The van der Waals surface area contributed by atoms with E-state index in [1.54, 1.807) is 19.1 Å². The molecule has 0 aromatic heterocycles. The van der Waals surface area contributed by atoms with Gasteiger partial charge in [-0.05, 0) is 36.6 Å². The van der Waals surface area contributed by atoms with Crippen molar-refractivity contribution in [1.29, 1.82) is 0 Å². The van der Waals surface area contributed by atoms with Gasteiger partial charge in [0.25, 0.3) is 11.6 Å². The number of amides is 1. The van der Waals surface area contributed by atoms with Crippen LogP contribution in [0.15, 0.2) is 29.2 Å². The maximum absolute atomic E-state index is 12.8. The molecule has 7 nitrogen and oxygen atoms in total. The summed E-state index contributed by atoms with van der Waals surface area (Å²) in [6.07, 6.45) is 1.83. The monoisotopic (exact) mass is 394 g/mol. The first-order valence-corrected chi connectivity index (χ1v) is 9.24. The van der Waals surface area contributed by atoms with Crippen LogP contribution in [0.1, 0.15) is 38.7 Å². The van der Waals surface area contributed by atoms with Gasteiger partial charge in [0.1, 0.15) is 10.4 Å². The van der Waals surface area contributed by atoms with Crippen molar-refractivity contribution in [2.24, 2.45) is 0 Å². The van der Waals surface area contributed by atoms with E-state index in [1.165, 1.54) is 17.0 Å². The molecule has 0 radical (unpaired) electrons. The third-order valence-corrected chi connectivity index (χ3v) is 5.58. The van der Waals surface area contributed by atoms with E-state index in [2.05, 4.69) is 0 Å². The number of carboxylic acid groups (broad SMARTS) is 1. The Morgan fingerprint density at radius 1 is 1.38 bits per heavy atom. The van der Waals surface area contributed by atoms with E-state index in [0.717, 1.165) is 18.2 Å². The quantitative estimate of drug-likeness (QED) is 0.325. The minimum atomic E-state index is -1.08. The molecule has 1 fully saturated rings. The molecule has 1 aromatic carbocycles. The molecule has 0 aliphatic carbocycles. The van der Waals surface area contributed by atoms with Gasteiger partial charge in [-0.25, -0.2) is 4.79 Å². The van der Waals surface area contributed by atoms with Crippen molar-refractivity contribution >= 4 is 51.4 Å². The predicted molar refractivity (Wildman–Crippen MR) is 104 cm³/mol. The van der Waals surface area contributed by atoms with Gasteiger partial charge >= 0.3 is 5.97 Å². The Hall–Kier alpha value is -2.26. The van der Waals surface area contributed by atoms with E-state index >= 15 is 0 Å². The van der Waals surface area contributed by atoms with Crippen molar-refractivity contribution in [3.05, 3.63) is 44.8 Å². The van der Waals surface area contributed by atoms with Gasteiger partial charge in [0.15, 0.2) is 0 Å². The van der Waals surface area contributed by atoms with Crippen LogP contribution in [-0.2, 0) is 9.59 Å². The van der Waals surface area contributed by atoms with Crippen LogP contribution < -0.4 is 0 Å². The number of carbonyl (C=O) groups is 2. The molecule has 1 atom stereocenters. The fourth-order valence-electron chi connectivity index (χ4n) is 2.60. The molecule has 1 aliphatic heterocycles. The zero-order valence-corrected chi connectivity index (χ0v) is 15.9. The molecule has 26 heavy (non-hydrogen) atoms. The Kier molecular flexibility index (Phi) is 6.49. The number of unbranched alkanes of at least 4 members (excludes halogenated alkanes) is 1. The molecule has 1 saturated heterocycles. The molecule has 1 aromatic rings. The zero-order chi connectivity index (χ0) is 19.4. The van der Waals surface area contributed by atoms with Gasteiger partial charge in [0.2, 0.25) is 0 Å². The van der Waals surface area contributed by atoms with Crippen molar-refractivity contribution < 1.29 is 19.6 Å². The Morgan fingerprint density at radius 3 is 2.50 bits per heavy atom. The summed E-state index contributed by atoms with van der Waals surface area (Å²) in [5.74, 6) is -1.51. The first-order valence-electron chi connectivity index (χ1n) is 8.01.